The first-order valence-electron chi connectivity index (χ1n) is 15.8. The molecule has 5 rings (SSSR count). The molecule has 2 aliphatic rings. The number of hydrogen-bond acceptors (Lipinski definition) is 11. The van der Waals surface area contributed by atoms with Gasteiger partial charge in [-0.25, -0.2) is 27.4 Å². The van der Waals surface area contributed by atoms with E-state index >= 15 is 4.39 Å². The molecule has 1 spiro atoms. The molecule has 1 unspecified atom stereocenters. The molecule has 0 radical (unpaired) electrons. The fourth-order valence-corrected chi connectivity index (χ4v) is 7.65. The summed E-state index contributed by atoms with van der Waals surface area (Å²) < 4.78 is 58.9. The lowest BCUT2D eigenvalue weighted by Crippen LogP contribution is -2.75. The van der Waals surface area contributed by atoms with Gasteiger partial charge in [0.1, 0.15) is 34.3 Å². The molecule has 266 valence electrons. The minimum Gasteiger partial charge on any atom is -0.495 e. The second-order valence-electron chi connectivity index (χ2n) is 14.0. The molecule has 2 aromatic carbocycles. The number of amides is 3. The first-order valence-corrected chi connectivity index (χ1v) is 17.5. The number of benzene rings is 2. The molecule has 0 saturated carbocycles. The number of anilines is 2. The lowest BCUT2D eigenvalue weighted by Gasteiger charge is -2.53. The van der Waals surface area contributed by atoms with E-state index in [1.165, 1.54) is 31.5 Å². The minimum atomic E-state index is -4.28. The van der Waals surface area contributed by atoms with E-state index in [-0.39, 0.29) is 30.0 Å². The van der Waals surface area contributed by atoms with Crippen LogP contribution in [0.2, 0.25) is 0 Å². The Kier molecular flexibility index (Phi) is 9.67. The number of imide groups is 1. The predicted molar refractivity (Wildman–Crippen MR) is 185 cm³/mol. The smallest absolute Gasteiger partial charge is 0.425 e. The van der Waals surface area contributed by atoms with Crippen LogP contribution in [-0.2, 0) is 19.3 Å². The number of amidine groups is 1. The number of hydrogen-bond donors (Lipinski definition) is 1. The second kappa shape index (κ2) is 13.3. The second-order valence-corrected chi connectivity index (χ2v) is 16.3. The number of pyridine rings is 1. The van der Waals surface area contributed by atoms with Gasteiger partial charge in [-0.15, -0.1) is 0 Å². The van der Waals surface area contributed by atoms with Crippen molar-refractivity contribution in [2.75, 3.05) is 36.2 Å². The summed E-state index contributed by atoms with van der Waals surface area (Å²) in [5.41, 5.74) is -1.47. The zero-order valence-electron chi connectivity index (χ0n) is 28.9. The molecule has 15 heteroatoms. The lowest BCUT2D eigenvalue weighted by molar-refractivity contribution is 0.0137. The quantitative estimate of drug-likeness (QED) is 0.345. The van der Waals surface area contributed by atoms with Crippen molar-refractivity contribution in [3.05, 3.63) is 83.9 Å². The number of para-hydroxylation sites is 1. The molecule has 3 heterocycles. The zero-order valence-corrected chi connectivity index (χ0v) is 29.7. The van der Waals surface area contributed by atoms with E-state index in [1.807, 2.05) is 6.07 Å². The molecular weight excluding hydrogens is 669 g/mol. The number of carbonyl (C=O) groups excluding carboxylic acids is 3. The highest BCUT2D eigenvalue weighted by Gasteiger charge is 2.63. The number of aliphatic imine (C=N–C) groups is 1. The first-order chi connectivity index (χ1) is 23.3. The Hall–Kier alpha value is -5.05. The van der Waals surface area contributed by atoms with Gasteiger partial charge in [-0.2, -0.15) is 4.90 Å². The highest BCUT2D eigenvalue weighted by atomic mass is 32.2. The van der Waals surface area contributed by atoms with E-state index < -0.39 is 67.3 Å². The Morgan fingerprint density at radius 1 is 0.940 bits per heavy atom. The van der Waals surface area contributed by atoms with Crippen LogP contribution < -0.4 is 15.0 Å². The number of nitrogens with zero attached hydrogens (tertiary/aromatic N) is 4. The van der Waals surface area contributed by atoms with Gasteiger partial charge >= 0.3 is 12.2 Å². The highest BCUT2D eigenvalue weighted by Crippen LogP contribution is 2.43. The maximum atomic E-state index is 15.6. The largest absolute Gasteiger partial charge is 0.495 e. The summed E-state index contributed by atoms with van der Waals surface area (Å²) >= 11 is 0. The standard InChI is InChI=1S/C35H40FN5O8S/c1-33(2,3)48-31(43)41(32(44)49-34(4,5)6)30-35(20-40(21-35)23-11-9-8-10-12-23)50(45,46)19-28(39-30)25-17-22(13-15-26(25)36)38-29(42)27-16-14-24(47-7)18-37-27/h8-18,28H,19-21H2,1-7H3,(H,38,42). The molecule has 1 aromatic heterocycles. The molecule has 0 bridgehead atoms. The number of nitrogens with one attached hydrogen (secondary N) is 1. The number of aromatic nitrogens is 1. The molecule has 3 aromatic rings. The molecule has 2 aliphatic heterocycles. The molecule has 1 atom stereocenters. The number of ether oxygens (including phenoxy) is 3. The van der Waals surface area contributed by atoms with E-state index in [0.717, 1.165) is 11.8 Å². The van der Waals surface area contributed by atoms with Crippen LogP contribution in [0, 0.1) is 5.82 Å². The van der Waals surface area contributed by atoms with Gasteiger partial charge in [-0.3, -0.25) is 9.79 Å². The van der Waals surface area contributed by atoms with Crippen LogP contribution in [0.15, 0.2) is 71.9 Å². The average Bonchev–Trinajstić information content (AvgIpc) is 2.99. The third kappa shape index (κ3) is 7.57. The summed E-state index contributed by atoms with van der Waals surface area (Å²) in [5.74, 6) is -2.07. The molecule has 1 fully saturated rings. The Morgan fingerprint density at radius 3 is 2.10 bits per heavy atom. The van der Waals surface area contributed by atoms with Gasteiger partial charge in [0.15, 0.2) is 14.6 Å². The Balaban J connectivity index is 1.61. The van der Waals surface area contributed by atoms with E-state index in [4.69, 9.17) is 14.2 Å². The number of methoxy groups -OCH3 is 1. The van der Waals surface area contributed by atoms with E-state index in [0.29, 0.717) is 10.6 Å². The van der Waals surface area contributed by atoms with Crippen LogP contribution >= 0.6 is 0 Å². The maximum Gasteiger partial charge on any atom is 0.425 e. The van der Waals surface area contributed by atoms with Crippen LogP contribution in [0.4, 0.5) is 25.4 Å². The molecule has 1 N–H and O–H groups in total. The molecular formula is C35H40FN5O8S. The number of carbonyl (C=O) groups is 3. The third-order valence-electron chi connectivity index (χ3n) is 7.85. The van der Waals surface area contributed by atoms with Crippen LogP contribution in [-0.4, -0.2) is 84.1 Å². The summed E-state index contributed by atoms with van der Waals surface area (Å²) in [6, 6.07) is 14.2. The normalized spacial score (nSPS) is 18.0. The average molecular weight is 710 g/mol. The van der Waals surface area contributed by atoms with Crippen molar-refractivity contribution >= 4 is 45.1 Å². The number of halogens is 1. The van der Waals surface area contributed by atoms with Crippen molar-refractivity contribution < 1.29 is 41.4 Å². The minimum absolute atomic E-state index is 0.0532. The van der Waals surface area contributed by atoms with Crippen molar-refractivity contribution in [2.24, 2.45) is 4.99 Å². The van der Waals surface area contributed by atoms with Crippen LogP contribution in [0.1, 0.15) is 63.6 Å². The molecule has 1 saturated heterocycles. The Morgan fingerprint density at radius 2 is 1.56 bits per heavy atom. The summed E-state index contributed by atoms with van der Waals surface area (Å²) in [4.78, 5) is 51.6. The fourth-order valence-electron chi connectivity index (χ4n) is 5.53. The topological polar surface area (TPSA) is 157 Å². The SMILES string of the molecule is COc1ccc(C(=O)Nc2ccc(F)c(C3CS(=O)(=O)C4(CN(c5ccccc5)C4)C(N(C(=O)OC(C)(C)C)C(=O)OC(C)(C)C)=N3)c2)nc1. The molecule has 3 amide bonds. The van der Waals surface area contributed by atoms with Crippen molar-refractivity contribution in [3.63, 3.8) is 0 Å². The molecule has 13 nitrogen and oxygen atoms in total. The number of sulfone groups is 1. The van der Waals surface area contributed by atoms with Gasteiger partial charge in [0.25, 0.3) is 5.91 Å². The molecule has 50 heavy (non-hydrogen) atoms. The predicted octanol–water partition coefficient (Wildman–Crippen LogP) is 5.78. The van der Waals surface area contributed by atoms with Gasteiger partial charge in [-0.1, -0.05) is 18.2 Å². The maximum absolute atomic E-state index is 15.6. The first kappa shape index (κ1) is 36.2. The summed E-state index contributed by atoms with van der Waals surface area (Å²) in [6.45, 7) is 9.24. The van der Waals surface area contributed by atoms with Crippen LogP contribution in [0.5, 0.6) is 5.75 Å². The summed E-state index contributed by atoms with van der Waals surface area (Å²) in [5, 5.41) is 2.64. The van der Waals surface area contributed by atoms with E-state index in [1.54, 1.807) is 76.8 Å². The van der Waals surface area contributed by atoms with Gasteiger partial charge in [0.05, 0.1) is 25.1 Å². The Labute approximate surface area is 290 Å². The van der Waals surface area contributed by atoms with Crippen molar-refractivity contribution in [3.8, 4) is 5.75 Å². The highest BCUT2D eigenvalue weighted by molar-refractivity contribution is 7.93. The monoisotopic (exact) mass is 709 g/mol. The van der Waals surface area contributed by atoms with Crippen molar-refractivity contribution in [1.82, 2.24) is 9.88 Å². The van der Waals surface area contributed by atoms with Crippen molar-refractivity contribution in [1.29, 1.82) is 0 Å². The van der Waals surface area contributed by atoms with E-state index in [2.05, 4.69) is 15.3 Å². The molecule has 0 aliphatic carbocycles. The zero-order chi connectivity index (χ0) is 36.6. The Bertz CT molecular complexity index is 1890. The fraction of sp³-hybridized carbons (Fsp3) is 0.400. The van der Waals surface area contributed by atoms with Gasteiger partial charge in [-0.05, 0) is 84.0 Å². The lowest BCUT2D eigenvalue weighted by atomic mass is 9.94. The van der Waals surface area contributed by atoms with Crippen LogP contribution in [0.3, 0.4) is 0 Å². The number of rotatable bonds is 5. The van der Waals surface area contributed by atoms with Crippen LogP contribution in [0.25, 0.3) is 0 Å². The van der Waals surface area contributed by atoms with E-state index in [9.17, 15) is 22.8 Å². The summed E-state index contributed by atoms with van der Waals surface area (Å²) in [7, 11) is -2.82. The summed E-state index contributed by atoms with van der Waals surface area (Å²) in [6.07, 6.45) is -1.04. The van der Waals surface area contributed by atoms with Gasteiger partial charge in [0.2, 0.25) is 0 Å². The van der Waals surface area contributed by atoms with Crippen molar-refractivity contribution in [2.45, 2.75) is 63.5 Å². The third-order valence-corrected chi connectivity index (χ3v) is 10.2. The van der Waals surface area contributed by atoms with Gasteiger partial charge in [0, 0.05) is 30.0 Å². The van der Waals surface area contributed by atoms with Gasteiger partial charge < -0.3 is 24.4 Å².